The summed E-state index contributed by atoms with van der Waals surface area (Å²) < 4.78 is 64.7. The summed E-state index contributed by atoms with van der Waals surface area (Å²) in [7, 11) is -1.90. The first-order valence-electron chi connectivity index (χ1n) is 15.3. The van der Waals surface area contributed by atoms with Crippen molar-refractivity contribution in [3.05, 3.63) is 97.0 Å². The van der Waals surface area contributed by atoms with E-state index in [0.717, 1.165) is 36.5 Å². The number of amides is 2. The van der Waals surface area contributed by atoms with E-state index in [1.807, 2.05) is 0 Å². The number of carbonyl (C=O) groups is 2. The molecule has 2 aliphatic rings. The molecule has 2 aromatic heterocycles. The number of carbonyl (C=O) groups excluding carboxylic acids is 2. The normalized spacial score (nSPS) is 17.6. The molecule has 1 saturated carbocycles. The van der Waals surface area contributed by atoms with Crippen molar-refractivity contribution < 1.29 is 41.3 Å². The molecule has 6 rings (SSSR count). The lowest BCUT2D eigenvalue weighted by atomic mass is 9.97. The van der Waals surface area contributed by atoms with Crippen molar-refractivity contribution in [3.8, 4) is 5.69 Å². The van der Waals surface area contributed by atoms with Gasteiger partial charge in [0.15, 0.2) is 0 Å². The van der Waals surface area contributed by atoms with Crippen LogP contribution in [0.2, 0.25) is 0 Å². The molecule has 3 heterocycles. The Kier molecular flexibility index (Phi) is 9.39. The fraction of sp³-hybridized carbons (Fsp3) is 0.375. The van der Waals surface area contributed by atoms with Crippen LogP contribution in [-0.4, -0.2) is 67.6 Å². The number of nitrogens with zero attached hydrogens (tertiary/aromatic N) is 5. The molecule has 260 valence electrons. The predicted octanol–water partition coefficient (Wildman–Crippen LogP) is 5.60. The van der Waals surface area contributed by atoms with Crippen LogP contribution in [0, 0.1) is 5.92 Å². The van der Waals surface area contributed by atoms with E-state index in [4.69, 9.17) is 4.52 Å². The minimum atomic E-state index is -4.66. The van der Waals surface area contributed by atoms with Gasteiger partial charge in [0, 0.05) is 46.9 Å². The summed E-state index contributed by atoms with van der Waals surface area (Å²) in [6.45, 7) is 1.19. The van der Waals surface area contributed by atoms with Crippen LogP contribution in [-0.2, 0) is 39.2 Å². The van der Waals surface area contributed by atoms with Crippen LogP contribution in [0.4, 0.5) is 13.2 Å². The maximum absolute atomic E-state index is 14.3. The van der Waals surface area contributed by atoms with Crippen LogP contribution in [0.5, 0.6) is 0 Å². The van der Waals surface area contributed by atoms with Crippen molar-refractivity contribution in [2.24, 2.45) is 5.92 Å². The molecule has 0 bridgehead atoms. The number of hydrogen-bond donors (Lipinski definition) is 1. The van der Waals surface area contributed by atoms with Gasteiger partial charge in [-0.1, -0.05) is 15.9 Å². The summed E-state index contributed by atoms with van der Waals surface area (Å²) in [6.07, 6.45) is -0.0608. The van der Waals surface area contributed by atoms with Crippen molar-refractivity contribution in [1.82, 2.24) is 24.0 Å². The van der Waals surface area contributed by atoms with Crippen molar-refractivity contribution in [2.45, 2.75) is 51.4 Å². The Labute approximate surface area is 286 Å². The summed E-state index contributed by atoms with van der Waals surface area (Å²) >= 11 is 2.92. The number of phosphoric acid groups is 1. The molecule has 0 radical (unpaired) electrons. The largest absolute Gasteiger partial charge is 0.473 e. The highest BCUT2D eigenvalue weighted by Crippen LogP contribution is 2.42. The third kappa shape index (κ3) is 6.97. The van der Waals surface area contributed by atoms with E-state index in [2.05, 4.69) is 25.6 Å². The highest BCUT2D eigenvalue weighted by molar-refractivity contribution is 9.10. The summed E-state index contributed by atoms with van der Waals surface area (Å²) in [6, 6.07) is 9.12. The van der Waals surface area contributed by atoms with Crippen molar-refractivity contribution in [3.63, 3.8) is 0 Å². The van der Waals surface area contributed by atoms with E-state index in [1.165, 1.54) is 36.2 Å². The van der Waals surface area contributed by atoms with Gasteiger partial charge in [0.1, 0.15) is 12.4 Å². The molecule has 2 amide bonds. The van der Waals surface area contributed by atoms with Crippen LogP contribution in [0.25, 0.3) is 11.3 Å². The number of hydrogen-bond acceptors (Lipinski definition) is 7. The summed E-state index contributed by atoms with van der Waals surface area (Å²) in [4.78, 5) is 53.0. The number of benzene rings is 2. The Bertz CT molecular complexity index is 2060. The van der Waals surface area contributed by atoms with E-state index in [9.17, 15) is 37.0 Å². The number of phosphoric ester groups is 1. The standard InChI is InChI=1S/C32H32BrF3N5O7P/c1-18-12-24-27(16-39(18)30(43)21-8-11-26(33)25(14-21)32(34,35)36)41-28(22(15-37-41)13-19-4-5-19)40(31(24)44)23-9-6-20(7-10-23)29(42)38(2)17-48-49(45,46)47-3/h6-11,14-15,18-19H,4-5,12-13,16-17H2,1-3H3,(H,45,46). The number of alkyl halides is 3. The third-order valence-corrected chi connectivity index (χ3v) is 10.4. The summed E-state index contributed by atoms with van der Waals surface area (Å²) in [5.74, 6) is -0.662. The molecule has 2 atom stereocenters. The van der Waals surface area contributed by atoms with Gasteiger partial charge < -0.3 is 14.7 Å². The van der Waals surface area contributed by atoms with Gasteiger partial charge in [0.2, 0.25) is 0 Å². The third-order valence-electron chi connectivity index (χ3n) is 8.80. The van der Waals surface area contributed by atoms with E-state index in [-0.39, 0.29) is 34.1 Å². The molecule has 2 aromatic carbocycles. The Balaban J connectivity index is 1.37. The zero-order valence-electron chi connectivity index (χ0n) is 26.6. The van der Waals surface area contributed by atoms with Crippen molar-refractivity contribution in [2.75, 3.05) is 20.9 Å². The van der Waals surface area contributed by atoms with Gasteiger partial charge in [-0.05, 0) is 81.0 Å². The fourth-order valence-corrected chi connectivity index (χ4v) is 6.85. The molecule has 1 fully saturated rings. The molecule has 4 aromatic rings. The second-order valence-corrected chi connectivity index (χ2v) is 14.7. The fourth-order valence-electron chi connectivity index (χ4n) is 5.96. The van der Waals surface area contributed by atoms with Crippen molar-refractivity contribution in [1.29, 1.82) is 0 Å². The quantitative estimate of drug-likeness (QED) is 0.172. The molecule has 0 saturated heterocycles. The lowest BCUT2D eigenvalue weighted by Crippen LogP contribution is -2.46. The summed E-state index contributed by atoms with van der Waals surface area (Å²) in [5.41, 5.74) is 1.51. The molecule has 49 heavy (non-hydrogen) atoms. The van der Waals surface area contributed by atoms with Gasteiger partial charge in [0.25, 0.3) is 17.4 Å². The molecule has 1 aliphatic carbocycles. The van der Waals surface area contributed by atoms with Crippen LogP contribution in [0.1, 0.15) is 62.9 Å². The van der Waals surface area contributed by atoms with Crippen LogP contribution in [0.15, 0.2) is 57.9 Å². The Hall–Kier alpha value is -3.82. The average Bonchev–Trinajstić information content (AvgIpc) is 3.80. The van der Waals surface area contributed by atoms with Gasteiger partial charge >= 0.3 is 14.0 Å². The minimum Gasteiger partial charge on any atom is -0.330 e. The average molecular weight is 767 g/mol. The zero-order chi connectivity index (χ0) is 35.4. The lowest BCUT2D eigenvalue weighted by molar-refractivity contribution is -0.138. The smallest absolute Gasteiger partial charge is 0.330 e. The Morgan fingerprint density at radius 2 is 1.82 bits per heavy atom. The van der Waals surface area contributed by atoms with E-state index in [0.29, 0.717) is 34.9 Å². The Morgan fingerprint density at radius 1 is 1.14 bits per heavy atom. The predicted molar refractivity (Wildman–Crippen MR) is 174 cm³/mol. The SMILES string of the molecule is COP(=O)(O)OCN(C)C(=O)c1ccc(-n2c(=O)c3c(n4ncc(CC5CC5)c24)CN(C(=O)c2ccc(Br)c(C(F)(F)F)c2)C(C)C3)cc1. The molecule has 17 heteroatoms. The lowest BCUT2D eigenvalue weighted by Gasteiger charge is -2.35. The Morgan fingerprint density at radius 3 is 2.45 bits per heavy atom. The molecule has 2 unspecified atom stereocenters. The maximum atomic E-state index is 14.3. The molecule has 1 aliphatic heterocycles. The molecule has 0 spiro atoms. The highest BCUT2D eigenvalue weighted by Gasteiger charge is 2.37. The second kappa shape index (κ2) is 13.1. The van der Waals surface area contributed by atoms with Gasteiger partial charge in [-0.15, -0.1) is 0 Å². The van der Waals surface area contributed by atoms with Gasteiger partial charge in [-0.25, -0.2) is 9.08 Å². The van der Waals surface area contributed by atoms with Crippen LogP contribution >= 0.6 is 23.8 Å². The second-order valence-electron chi connectivity index (χ2n) is 12.3. The van der Waals surface area contributed by atoms with Gasteiger partial charge in [-0.2, -0.15) is 18.3 Å². The topological polar surface area (TPSA) is 136 Å². The van der Waals surface area contributed by atoms with E-state index >= 15 is 0 Å². The number of halogens is 4. The van der Waals surface area contributed by atoms with Gasteiger partial charge in [-0.3, -0.25) is 28.0 Å². The first-order valence-corrected chi connectivity index (χ1v) is 17.6. The minimum absolute atomic E-state index is 0.0461. The van der Waals surface area contributed by atoms with E-state index in [1.54, 1.807) is 34.3 Å². The first kappa shape index (κ1) is 35.0. The first-order chi connectivity index (χ1) is 23.1. The molecular weight excluding hydrogens is 734 g/mol. The van der Waals surface area contributed by atoms with E-state index < -0.39 is 44.1 Å². The zero-order valence-corrected chi connectivity index (χ0v) is 29.1. The highest BCUT2D eigenvalue weighted by atomic mass is 79.9. The summed E-state index contributed by atoms with van der Waals surface area (Å²) in [5, 5.41) is 4.64. The van der Waals surface area contributed by atoms with Crippen LogP contribution < -0.4 is 5.56 Å². The number of rotatable bonds is 9. The van der Waals surface area contributed by atoms with Crippen molar-refractivity contribution >= 4 is 41.2 Å². The maximum Gasteiger partial charge on any atom is 0.473 e. The molecule has 12 nitrogen and oxygen atoms in total. The molecule has 1 N–H and O–H groups in total. The van der Waals surface area contributed by atoms with Gasteiger partial charge in [0.05, 0.1) is 29.7 Å². The number of aromatic nitrogens is 3. The molecular formula is C32H32BrF3N5O7P. The number of fused-ring (bicyclic) bond motifs is 3. The van der Waals surface area contributed by atoms with Crippen LogP contribution in [0.3, 0.4) is 0 Å². The monoisotopic (exact) mass is 765 g/mol.